The highest BCUT2D eigenvalue weighted by Gasteiger charge is 2.10. The van der Waals surface area contributed by atoms with Crippen LogP contribution >= 0.6 is 15.9 Å². The number of fused-ring (bicyclic) bond motifs is 1. The van der Waals surface area contributed by atoms with Crippen molar-refractivity contribution in [1.29, 1.82) is 0 Å². The van der Waals surface area contributed by atoms with Gasteiger partial charge in [0, 0.05) is 22.8 Å². The van der Waals surface area contributed by atoms with Gasteiger partial charge in [-0.05, 0) is 24.3 Å². The van der Waals surface area contributed by atoms with Gasteiger partial charge in [-0.1, -0.05) is 34.1 Å². The van der Waals surface area contributed by atoms with Gasteiger partial charge in [0.05, 0.1) is 11.2 Å². The van der Waals surface area contributed by atoms with Crippen LogP contribution in [0.4, 0.5) is 0 Å². The number of rotatable bonds is 2. The van der Waals surface area contributed by atoms with Crippen molar-refractivity contribution < 1.29 is 0 Å². The maximum Gasteiger partial charge on any atom is 0.144 e. The minimum atomic E-state index is 0.448. The van der Waals surface area contributed by atoms with Crippen LogP contribution in [0.5, 0.6) is 0 Å². The van der Waals surface area contributed by atoms with Gasteiger partial charge in [-0.25, -0.2) is 4.98 Å². The smallest absolute Gasteiger partial charge is 0.144 e. The van der Waals surface area contributed by atoms with E-state index < -0.39 is 0 Å². The number of benzene rings is 1. The summed E-state index contributed by atoms with van der Waals surface area (Å²) in [7, 11) is 0. The lowest BCUT2D eigenvalue weighted by Gasteiger charge is -2.01. The predicted molar refractivity (Wildman–Crippen MR) is 76.2 cm³/mol. The van der Waals surface area contributed by atoms with Gasteiger partial charge in [-0.15, -0.1) is 0 Å². The molecule has 18 heavy (non-hydrogen) atoms. The van der Waals surface area contributed by atoms with Crippen molar-refractivity contribution >= 4 is 21.4 Å². The molecule has 0 fully saturated rings. The molecular weight excluding hydrogens is 290 g/mol. The molecule has 0 amide bonds. The summed E-state index contributed by atoms with van der Waals surface area (Å²) in [5.74, 6) is 0.929. The molecule has 90 valence electrons. The van der Waals surface area contributed by atoms with E-state index in [4.69, 9.17) is 5.73 Å². The number of imidazole rings is 1. The van der Waals surface area contributed by atoms with E-state index in [1.165, 1.54) is 0 Å². The van der Waals surface area contributed by atoms with Crippen molar-refractivity contribution in [3.05, 3.63) is 58.8 Å². The van der Waals surface area contributed by atoms with Crippen molar-refractivity contribution in [2.45, 2.75) is 6.54 Å². The first kappa shape index (κ1) is 11.4. The van der Waals surface area contributed by atoms with Crippen LogP contribution in [0.25, 0.3) is 16.9 Å². The molecule has 2 heterocycles. The van der Waals surface area contributed by atoms with Crippen molar-refractivity contribution in [3.63, 3.8) is 0 Å². The average Bonchev–Trinajstić information content (AvgIpc) is 2.79. The normalized spacial score (nSPS) is 11.0. The van der Waals surface area contributed by atoms with Crippen LogP contribution in [0.2, 0.25) is 0 Å². The maximum atomic E-state index is 5.75. The second-order valence-electron chi connectivity index (χ2n) is 4.05. The molecule has 1 aromatic carbocycles. The van der Waals surface area contributed by atoms with Gasteiger partial charge < -0.3 is 5.73 Å². The minimum absolute atomic E-state index is 0.448. The molecule has 0 aliphatic rings. The van der Waals surface area contributed by atoms with Crippen LogP contribution in [0, 0.1) is 0 Å². The van der Waals surface area contributed by atoms with E-state index in [9.17, 15) is 0 Å². The van der Waals surface area contributed by atoms with Gasteiger partial charge >= 0.3 is 0 Å². The highest BCUT2D eigenvalue weighted by molar-refractivity contribution is 9.10. The number of nitrogens with two attached hydrogens (primary N) is 1. The third kappa shape index (κ3) is 1.83. The topological polar surface area (TPSA) is 43.3 Å². The van der Waals surface area contributed by atoms with Crippen LogP contribution in [0.3, 0.4) is 0 Å². The van der Waals surface area contributed by atoms with Crippen molar-refractivity contribution in [2.24, 2.45) is 5.73 Å². The average molecular weight is 302 g/mol. The summed E-state index contributed by atoms with van der Waals surface area (Å²) < 4.78 is 3.14. The third-order valence-electron chi connectivity index (χ3n) is 2.92. The molecule has 4 heteroatoms. The van der Waals surface area contributed by atoms with Gasteiger partial charge in [0.25, 0.3) is 0 Å². The molecule has 0 aliphatic heterocycles. The molecule has 0 unspecified atom stereocenters. The second kappa shape index (κ2) is 4.55. The van der Waals surface area contributed by atoms with Crippen LogP contribution in [-0.4, -0.2) is 9.38 Å². The van der Waals surface area contributed by atoms with E-state index in [1.54, 1.807) is 0 Å². The molecule has 0 radical (unpaired) electrons. The summed E-state index contributed by atoms with van der Waals surface area (Å²) in [6.45, 7) is 0.448. The summed E-state index contributed by atoms with van der Waals surface area (Å²) in [6.07, 6.45) is 2.01. The molecule has 0 atom stereocenters. The lowest BCUT2D eigenvalue weighted by atomic mass is 10.2. The van der Waals surface area contributed by atoms with Gasteiger partial charge in [0.1, 0.15) is 5.82 Å². The van der Waals surface area contributed by atoms with E-state index >= 15 is 0 Å². The number of aromatic nitrogens is 2. The van der Waals surface area contributed by atoms with Crippen LogP contribution in [0.1, 0.15) is 5.69 Å². The first-order valence-corrected chi connectivity index (χ1v) is 6.51. The van der Waals surface area contributed by atoms with Crippen molar-refractivity contribution in [1.82, 2.24) is 9.38 Å². The van der Waals surface area contributed by atoms with Crippen molar-refractivity contribution in [2.75, 3.05) is 0 Å². The first-order valence-electron chi connectivity index (χ1n) is 5.71. The molecule has 0 aliphatic carbocycles. The number of halogens is 1. The van der Waals surface area contributed by atoms with E-state index in [2.05, 4.69) is 25.3 Å². The molecule has 0 spiro atoms. The summed E-state index contributed by atoms with van der Waals surface area (Å²) >= 11 is 3.44. The van der Waals surface area contributed by atoms with Crippen molar-refractivity contribution in [3.8, 4) is 11.4 Å². The molecular formula is C14H12BrN3. The molecule has 2 N–H and O–H groups in total. The largest absolute Gasteiger partial charge is 0.325 e. The monoisotopic (exact) mass is 301 g/mol. The standard InChI is InChI=1S/C14H12BrN3/c15-11-6-4-10(5-7-11)14-17-12(9-16)13-3-1-2-8-18(13)14/h1-8H,9,16H2. The first-order chi connectivity index (χ1) is 8.79. The molecule has 0 saturated carbocycles. The fraction of sp³-hybridized carbons (Fsp3) is 0.0714. The minimum Gasteiger partial charge on any atom is -0.325 e. The summed E-state index contributed by atoms with van der Waals surface area (Å²) in [6, 6.07) is 14.2. The third-order valence-corrected chi connectivity index (χ3v) is 3.45. The Morgan fingerprint density at radius 1 is 1.11 bits per heavy atom. The van der Waals surface area contributed by atoms with Crippen LogP contribution in [-0.2, 0) is 6.54 Å². The molecule has 3 rings (SSSR count). The summed E-state index contributed by atoms with van der Waals surface area (Å²) in [5.41, 5.74) is 8.82. The zero-order valence-electron chi connectivity index (χ0n) is 9.68. The molecule has 3 aromatic rings. The SMILES string of the molecule is NCc1nc(-c2ccc(Br)cc2)n2ccccc12. The number of hydrogen-bond acceptors (Lipinski definition) is 2. The second-order valence-corrected chi connectivity index (χ2v) is 4.96. The Morgan fingerprint density at radius 2 is 1.89 bits per heavy atom. The zero-order valence-corrected chi connectivity index (χ0v) is 11.3. The highest BCUT2D eigenvalue weighted by Crippen LogP contribution is 2.24. The zero-order chi connectivity index (χ0) is 12.5. The summed E-state index contributed by atoms with van der Waals surface area (Å²) in [5, 5.41) is 0. The van der Waals surface area contributed by atoms with E-state index in [1.807, 2.05) is 48.7 Å². The lowest BCUT2D eigenvalue weighted by molar-refractivity contribution is 1.02. The van der Waals surface area contributed by atoms with Gasteiger partial charge in [-0.3, -0.25) is 4.40 Å². The van der Waals surface area contributed by atoms with E-state index in [0.717, 1.165) is 27.1 Å². The van der Waals surface area contributed by atoms with Gasteiger partial charge in [-0.2, -0.15) is 0 Å². The van der Waals surface area contributed by atoms with Gasteiger partial charge in [0.2, 0.25) is 0 Å². The predicted octanol–water partition coefficient (Wildman–Crippen LogP) is 3.22. The van der Waals surface area contributed by atoms with Gasteiger partial charge in [0.15, 0.2) is 0 Å². The quantitative estimate of drug-likeness (QED) is 0.790. The lowest BCUT2D eigenvalue weighted by Crippen LogP contribution is -1.96. The number of pyridine rings is 1. The molecule has 2 aromatic heterocycles. The molecule has 0 saturated heterocycles. The Kier molecular flexibility index (Phi) is 2.89. The fourth-order valence-corrected chi connectivity index (χ4v) is 2.32. The Labute approximate surface area is 113 Å². The molecule has 3 nitrogen and oxygen atoms in total. The van der Waals surface area contributed by atoms with Crippen LogP contribution in [0.15, 0.2) is 53.1 Å². The molecule has 0 bridgehead atoms. The Hall–Kier alpha value is -1.65. The van der Waals surface area contributed by atoms with Crippen LogP contribution < -0.4 is 5.73 Å². The number of hydrogen-bond donors (Lipinski definition) is 1. The number of nitrogens with zero attached hydrogens (tertiary/aromatic N) is 2. The maximum absolute atomic E-state index is 5.75. The highest BCUT2D eigenvalue weighted by atomic mass is 79.9. The van der Waals surface area contributed by atoms with E-state index in [0.29, 0.717) is 6.54 Å². The van der Waals surface area contributed by atoms with E-state index in [-0.39, 0.29) is 0 Å². The summed E-state index contributed by atoms with van der Waals surface area (Å²) in [4.78, 5) is 4.63. The Bertz CT molecular complexity index is 686. The fourth-order valence-electron chi connectivity index (χ4n) is 2.05. The Balaban J connectivity index is 2.26. The Morgan fingerprint density at radius 3 is 2.61 bits per heavy atom.